The summed E-state index contributed by atoms with van der Waals surface area (Å²) in [4.78, 5) is 2.51. The molecule has 0 spiro atoms. The Labute approximate surface area is 126 Å². The van der Waals surface area contributed by atoms with E-state index in [4.69, 9.17) is 0 Å². The van der Waals surface area contributed by atoms with Gasteiger partial charge in [-0.25, -0.2) is 0 Å². The lowest BCUT2D eigenvalue weighted by Gasteiger charge is -2.30. The molecular formula is C16H25N5. The topological polar surface area (TPSA) is 60.6 Å². The molecule has 2 aromatic rings. The number of piperidine rings is 1. The van der Waals surface area contributed by atoms with E-state index in [9.17, 15) is 0 Å². The highest BCUT2D eigenvalue weighted by Gasteiger charge is 2.23. The van der Waals surface area contributed by atoms with E-state index >= 15 is 0 Å². The average molecular weight is 287 g/mol. The molecule has 3 heterocycles. The van der Waals surface area contributed by atoms with E-state index in [1.165, 1.54) is 24.2 Å². The minimum Gasteiger partial charge on any atom is -0.297 e. The molecule has 3 rings (SSSR count). The summed E-state index contributed by atoms with van der Waals surface area (Å²) in [5.74, 6) is 0.635. The summed E-state index contributed by atoms with van der Waals surface area (Å²) < 4.78 is 0. The summed E-state index contributed by atoms with van der Waals surface area (Å²) >= 11 is 0. The standard InChI is InChI=1S/C16H25N5/c1-16(2,3)15-10-13(18-20-15)11-21-8-5-12(6-9-21)14-4-7-17-19-14/h4,7,10,12H,5-6,8-9,11H2,1-3H3,(H,17,19)(H,18,20). The van der Waals surface area contributed by atoms with Crippen molar-refractivity contribution in [3.05, 3.63) is 35.4 Å². The monoisotopic (exact) mass is 287 g/mol. The van der Waals surface area contributed by atoms with E-state index in [0.717, 1.165) is 25.3 Å². The first-order chi connectivity index (χ1) is 10.0. The lowest BCUT2D eigenvalue weighted by molar-refractivity contribution is 0.201. The number of rotatable bonds is 3. The van der Waals surface area contributed by atoms with Crippen molar-refractivity contribution < 1.29 is 0 Å². The minimum atomic E-state index is 0.113. The molecule has 1 aliphatic heterocycles. The smallest absolute Gasteiger partial charge is 0.0678 e. The summed E-state index contributed by atoms with van der Waals surface area (Å²) in [5.41, 5.74) is 3.76. The molecule has 0 amide bonds. The second kappa shape index (κ2) is 5.64. The van der Waals surface area contributed by atoms with Crippen LogP contribution >= 0.6 is 0 Å². The van der Waals surface area contributed by atoms with Crippen molar-refractivity contribution in [2.45, 2.75) is 51.5 Å². The maximum absolute atomic E-state index is 4.44. The van der Waals surface area contributed by atoms with Crippen LogP contribution in [-0.4, -0.2) is 38.4 Å². The van der Waals surface area contributed by atoms with Gasteiger partial charge in [0.05, 0.1) is 5.69 Å². The van der Waals surface area contributed by atoms with Gasteiger partial charge in [-0.05, 0) is 38.1 Å². The van der Waals surface area contributed by atoms with E-state index in [1.807, 2.05) is 6.20 Å². The van der Waals surface area contributed by atoms with Crippen molar-refractivity contribution >= 4 is 0 Å². The third-order valence-corrected chi connectivity index (χ3v) is 4.34. The maximum Gasteiger partial charge on any atom is 0.0678 e. The fourth-order valence-electron chi connectivity index (χ4n) is 2.96. The molecule has 0 saturated carbocycles. The Morgan fingerprint density at radius 1 is 1.24 bits per heavy atom. The fourth-order valence-corrected chi connectivity index (χ4v) is 2.96. The molecule has 1 saturated heterocycles. The summed E-state index contributed by atoms with van der Waals surface area (Å²) in [6.07, 6.45) is 4.24. The van der Waals surface area contributed by atoms with Crippen LogP contribution in [0.1, 0.15) is 56.6 Å². The number of nitrogens with one attached hydrogen (secondary N) is 2. The van der Waals surface area contributed by atoms with Crippen molar-refractivity contribution in [3.63, 3.8) is 0 Å². The maximum atomic E-state index is 4.44. The van der Waals surface area contributed by atoms with Crippen LogP contribution in [0, 0.1) is 0 Å². The zero-order valence-electron chi connectivity index (χ0n) is 13.2. The molecule has 0 radical (unpaired) electrons. The second-order valence-electron chi connectivity index (χ2n) is 7.09. The molecule has 1 aliphatic rings. The lowest BCUT2D eigenvalue weighted by Crippen LogP contribution is -2.32. The first-order valence-corrected chi connectivity index (χ1v) is 7.79. The molecule has 21 heavy (non-hydrogen) atoms. The number of likely N-dealkylation sites (tertiary alicyclic amines) is 1. The molecule has 0 unspecified atom stereocenters. The Morgan fingerprint density at radius 2 is 2.00 bits per heavy atom. The summed E-state index contributed by atoms with van der Waals surface area (Å²) in [7, 11) is 0. The van der Waals surface area contributed by atoms with E-state index < -0.39 is 0 Å². The van der Waals surface area contributed by atoms with Crippen LogP contribution in [0.2, 0.25) is 0 Å². The Bertz CT molecular complexity index is 556. The van der Waals surface area contributed by atoms with E-state index in [-0.39, 0.29) is 5.41 Å². The van der Waals surface area contributed by atoms with Gasteiger partial charge in [0.25, 0.3) is 0 Å². The van der Waals surface area contributed by atoms with Crippen LogP contribution in [0.15, 0.2) is 18.3 Å². The van der Waals surface area contributed by atoms with Crippen LogP contribution in [-0.2, 0) is 12.0 Å². The van der Waals surface area contributed by atoms with Gasteiger partial charge in [-0.15, -0.1) is 0 Å². The molecule has 114 valence electrons. The van der Waals surface area contributed by atoms with Gasteiger partial charge < -0.3 is 0 Å². The number of nitrogens with zero attached hydrogens (tertiary/aromatic N) is 3. The highest BCUT2D eigenvalue weighted by Crippen LogP contribution is 2.27. The van der Waals surface area contributed by atoms with Crippen molar-refractivity contribution in [3.8, 4) is 0 Å². The molecule has 5 nitrogen and oxygen atoms in total. The summed E-state index contributed by atoms with van der Waals surface area (Å²) in [6, 6.07) is 4.31. The van der Waals surface area contributed by atoms with Crippen molar-refractivity contribution in [2.75, 3.05) is 13.1 Å². The van der Waals surface area contributed by atoms with Crippen LogP contribution in [0.3, 0.4) is 0 Å². The third-order valence-electron chi connectivity index (χ3n) is 4.34. The zero-order valence-corrected chi connectivity index (χ0v) is 13.2. The highest BCUT2D eigenvalue weighted by atomic mass is 15.2. The minimum absolute atomic E-state index is 0.113. The molecule has 0 aliphatic carbocycles. The lowest BCUT2D eigenvalue weighted by atomic mass is 9.92. The summed E-state index contributed by atoms with van der Waals surface area (Å²) in [5, 5.41) is 14.8. The van der Waals surface area contributed by atoms with Crippen LogP contribution < -0.4 is 0 Å². The summed E-state index contributed by atoms with van der Waals surface area (Å²) in [6.45, 7) is 9.83. The molecular weight excluding hydrogens is 262 g/mol. The van der Waals surface area contributed by atoms with Crippen molar-refractivity contribution in [1.82, 2.24) is 25.3 Å². The largest absolute Gasteiger partial charge is 0.297 e. The van der Waals surface area contributed by atoms with Crippen LogP contribution in [0.25, 0.3) is 0 Å². The van der Waals surface area contributed by atoms with Gasteiger partial charge in [-0.3, -0.25) is 15.1 Å². The van der Waals surface area contributed by atoms with Crippen molar-refractivity contribution in [1.29, 1.82) is 0 Å². The van der Waals surface area contributed by atoms with Gasteiger partial charge in [0.2, 0.25) is 0 Å². The van der Waals surface area contributed by atoms with Gasteiger partial charge in [0, 0.05) is 35.5 Å². The van der Waals surface area contributed by atoms with Crippen molar-refractivity contribution in [2.24, 2.45) is 0 Å². The Kier molecular flexibility index (Phi) is 3.85. The number of aromatic nitrogens is 4. The Hall–Kier alpha value is -1.62. The second-order valence-corrected chi connectivity index (χ2v) is 7.09. The predicted octanol–water partition coefficient (Wildman–Crippen LogP) is 2.81. The third kappa shape index (κ3) is 3.35. The number of aromatic amines is 2. The molecule has 2 aromatic heterocycles. The molecule has 0 aromatic carbocycles. The molecule has 0 atom stereocenters. The van der Waals surface area contributed by atoms with E-state index in [2.05, 4.69) is 58.2 Å². The normalized spacial score (nSPS) is 18.2. The first-order valence-electron chi connectivity index (χ1n) is 7.79. The van der Waals surface area contributed by atoms with Gasteiger partial charge >= 0.3 is 0 Å². The Balaban J connectivity index is 1.55. The molecule has 1 fully saturated rings. The highest BCUT2D eigenvalue weighted by molar-refractivity contribution is 5.16. The van der Waals surface area contributed by atoms with Crippen LogP contribution in [0.4, 0.5) is 0 Å². The molecule has 2 N–H and O–H groups in total. The van der Waals surface area contributed by atoms with E-state index in [1.54, 1.807) is 0 Å². The van der Waals surface area contributed by atoms with E-state index in [0.29, 0.717) is 5.92 Å². The predicted molar refractivity (Wildman–Crippen MR) is 83.1 cm³/mol. The van der Waals surface area contributed by atoms with Gasteiger partial charge in [-0.1, -0.05) is 20.8 Å². The number of hydrogen-bond acceptors (Lipinski definition) is 3. The van der Waals surface area contributed by atoms with Gasteiger partial charge in [0.1, 0.15) is 0 Å². The SMILES string of the molecule is CC(C)(C)c1cc(CN2CCC(c3ccn[nH]3)CC2)[nH]n1. The number of hydrogen-bond donors (Lipinski definition) is 2. The first kappa shape index (κ1) is 14.3. The molecule has 0 bridgehead atoms. The quantitative estimate of drug-likeness (QED) is 0.912. The van der Waals surface area contributed by atoms with Crippen LogP contribution in [0.5, 0.6) is 0 Å². The number of H-pyrrole nitrogens is 2. The fraction of sp³-hybridized carbons (Fsp3) is 0.625. The molecule has 5 heteroatoms. The Morgan fingerprint density at radius 3 is 2.57 bits per heavy atom. The zero-order chi connectivity index (χ0) is 14.9. The van der Waals surface area contributed by atoms with Gasteiger partial charge in [-0.2, -0.15) is 10.2 Å². The average Bonchev–Trinajstić information content (AvgIpc) is 3.09. The van der Waals surface area contributed by atoms with Gasteiger partial charge in [0.15, 0.2) is 0 Å².